The lowest BCUT2D eigenvalue weighted by atomic mass is 9.88. The Bertz CT molecular complexity index is 529. The maximum Gasteiger partial charge on any atom is 0.207 e. The predicted molar refractivity (Wildman–Crippen MR) is 93.7 cm³/mol. The van der Waals surface area contributed by atoms with E-state index in [4.69, 9.17) is 0 Å². The average Bonchev–Trinajstić information content (AvgIpc) is 2.48. The monoisotopic (exact) mass is 297 g/mol. The Morgan fingerprint density at radius 3 is 1.91 bits per heavy atom. The molecule has 1 unspecified atom stereocenters. The summed E-state index contributed by atoms with van der Waals surface area (Å²) in [6, 6.07) is 20.6. The molecular formula is C20H27NO. The van der Waals surface area contributed by atoms with Crippen LogP contribution in [0.1, 0.15) is 44.9 Å². The largest absolute Gasteiger partial charge is 0.352 e. The number of benzene rings is 2. The summed E-state index contributed by atoms with van der Waals surface area (Å²) in [5.41, 5.74) is 2.96. The number of carbonyl (C=O) groups is 1. The van der Waals surface area contributed by atoms with Gasteiger partial charge in [0.1, 0.15) is 0 Å². The molecular weight excluding hydrogens is 270 g/mol. The second-order valence-electron chi connectivity index (χ2n) is 6.64. The van der Waals surface area contributed by atoms with Crippen LogP contribution in [0.3, 0.4) is 0 Å². The van der Waals surface area contributed by atoms with Gasteiger partial charge in [0.05, 0.1) is 6.04 Å². The maximum atomic E-state index is 10.1. The molecule has 0 spiro atoms. The van der Waals surface area contributed by atoms with Gasteiger partial charge in [-0.15, -0.1) is 0 Å². The summed E-state index contributed by atoms with van der Waals surface area (Å²) in [4.78, 5) is 10.1. The predicted octanol–water partition coefficient (Wildman–Crippen LogP) is 4.77. The molecule has 0 aliphatic carbocycles. The zero-order valence-corrected chi connectivity index (χ0v) is 14.0. The molecule has 0 heterocycles. The number of amides is 1. The summed E-state index contributed by atoms with van der Waals surface area (Å²) in [5, 5.41) is 2.68. The van der Waals surface area contributed by atoms with Crippen LogP contribution in [0.2, 0.25) is 0 Å². The van der Waals surface area contributed by atoms with E-state index in [2.05, 4.69) is 56.4 Å². The number of hydrogen-bond donors (Lipinski definition) is 1. The van der Waals surface area contributed by atoms with Crippen LogP contribution < -0.4 is 5.32 Å². The summed E-state index contributed by atoms with van der Waals surface area (Å²) in [6.07, 6.45) is 1.88. The molecule has 0 bridgehead atoms. The fourth-order valence-corrected chi connectivity index (χ4v) is 2.15. The lowest BCUT2D eigenvalue weighted by Crippen LogP contribution is -2.15. The molecule has 118 valence electrons. The van der Waals surface area contributed by atoms with Crippen molar-refractivity contribution in [1.29, 1.82) is 0 Å². The van der Waals surface area contributed by atoms with Crippen LogP contribution in [0.5, 0.6) is 0 Å². The Morgan fingerprint density at radius 1 is 0.955 bits per heavy atom. The first kappa shape index (κ1) is 18.0. The molecule has 0 saturated carbocycles. The van der Waals surface area contributed by atoms with Crippen molar-refractivity contribution in [3.8, 4) is 0 Å². The fraction of sp³-hybridized carbons (Fsp3) is 0.350. The van der Waals surface area contributed by atoms with Gasteiger partial charge in [0.2, 0.25) is 6.41 Å². The van der Waals surface area contributed by atoms with Crippen molar-refractivity contribution in [3.63, 3.8) is 0 Å². The van der Waals surface area contributed by atoms with E-state index in [1.807, 2.05) is 37.3 Å². The number of carbonyl (C=O) groups excluding carboxylic acids is 1. The van der Waals surface area contributed by atoms with Gasteiger partial charge in [0.15, 0.2) is 0 Å². The van der Waals surface area contributed by atoms with Crippen molar-refractivity contribution in [2.75, 3.05) is 0 Å². The molecule has 0 fully saturated rings. The van der Waals surface area contributed by atoms with Gasteiger partial charge >= 0.3 is 0 Å². The zero-order chi connectivity index (χ0) is 16.4. The first-order valence-corrected chi connectivity index (χ1v) is 7.71. The molecule has 2 heteroatoms. The van der Waals surface area contributed by atoms with E-state index in [0.29, 0.717) is 5.41 Å². The van der Waals surface area contributed by atoms with E-state index in [1.165, 1.54) is 5.56 Å². The Kier molecular flexibility index (Phi) is 7.38. The Morgan fingerprint density at radius 2 is 1.45 bits per heavy atom. The fourth-order valence-electron chi connectivity index (χ4n) is 2.15. The first-order valence-electron chi connectivity index (χ1n) is 7.71. The number of nitrogens with one attached hydrogen (secondary N) is 1. The van der Waals surface area contributed by atoms with E-state index in [1.54, 1.807) is 0 Å². The minimum atomic E-state index is 0.105. The molecule has 2 aromatic rings. The van der Waals surface area contributed by atoms with E-state index < -0.39 is 0 Å². The van der Waals surface area contributed by atoms with Crippen LogP contribution >= 0.6 is 0 Å². The summed E-state index contributed by atoms with van der Waals surface area (Å²) in [6.45, 7) is 8.74. The summed E-state index contributed by atoms with van der Waals surface area (Å²) in [7, 11) is 0. The van der Waals surface area contributed by atoms with Gasteiger partial charge in [-0.1, -0.05) is 81.4 Å². The second-order valence-corrected chi connectivity index (χ2v) is 6.64. The highest BCUT2D eigenvalue weighted by Gasteiger charge is 2.09. The molecule has 2 nitrogen and oxygen atoms in total. The topological polar surface area (TPSA) is 29.1 Å². The Labute approximate surface area is 134 Å². The molecule has 0 aliphatic heterocycles. The van der Waals surface area contributed by atoms with Crippen molar-refractivity contribution >= 4 is 6.41 Å². The van der Waals surface area contributed by atoms with E-state index in [0.717, 1.165) is 18.4 Å². The highest BCUT2D eigenvalue weighted by molar-refractivity contribution is 5.47. The van der Waals surface area contributed by atoms with E-state index >= 15 is 0 Å². The molecule has 0 saturated heterocycles. The van der Waals surface area contributed by atoms with Crippen LogP contribution in [0, 0.1) is 5.41 Å². The van der Waals surface area contributed by atoms with Crippen LogP contribution in [0.4, 0.5) is 0 Å². The zero-order valence-electron chi connectivity index (χ0n) is 14.0. The van der Waals surface area contributed by atoms with Crippen molar-refractivity contribution in [2.24, 2.45) is 5.41 Å². The summed E-state index contributed by atoms with van der Waals surface area (Å²) in [5.74, 6) is 0. The lowest BCUT2D eigenvalue weighted by molar-refractivity contribution is -0.110. The van der Waals surface area contributed by atoms with Gasteiger partial charge < -0.3 is 5.32 Å². The van der Waals surface area contributed by atoms with Gasteiger partial charge in [-0.25, -0.2) is 0 Å². The van der Waals surface area contributed by atoms with Crippen molar-refractivity contribution in [3.05, 3.63) is 71.8 Å². The molecule has 0 radical (unpaired) electrons. The average molecular weight is 297 g/mol. The molecule has 0 aromatic heterocycles. The van der Waals surface area contributed by atoms with Gasteiger partial charge in [-0.05, 0) is 29.9 Å². The molecule has 1 amide bonds. The third-order valence-corrected chi connectivity index (χ3v) is 3.19. The van der Waals surface area contributed by atoms with Crippen LogP contribution in [0.15, 0.2) is 60.7 Å². The summed E-state index contributed by atoms with van der Waals surface area (Å²) >= 11 is 0. The van der Waals surface area contributed by atoms with Crippen LogP contribution in [-0.2, 0) is 11.2 Å². The Balaban J connectivity index is 0.000000220. The van der Waals surface area contributed by atoms with Crippen molar-refractivity contribution in [1.82, 2.24) is 5.32 Å². The second kappa shape index (κ2) is 9.04. The first-order chi connectivity index (χ1) is 10.4. The maximum absolute atomic E-state index is 10.1. The molecule has 22 heavy (non-hydrogen) atoms. The number of rotatable bonds is 4. The highest BCUT2D eigenvalue weighted by Crippen LogP contribution is 2.19. The van der Waals surface area contributed by atoms with Gasteiger partial charge in [0, 0.05) is 0 Å². The van der Waals surface area contributed by atoms with Crippen molar-refractivity contribution in [2.45, 2.75) is 40.2 Å². The van der Waals surface area contributed by atoms with Gasteiger partial charge in [-0.3, -0.25) is 4.79 Å². The van der Waals surface area contributed by atoms with Gasteiger partial charge in [-0.2, -0.15) is 0 Å². The Hall–Kier alpha value is -2.09. The normalized spacial score (nSPS) is 11.8. The lowest BCUT2D eigenvalue weighted by Gasteiger charge is -2.17. The molecule has 1 atom stereocenters. The highest BCUT2D eigenvalue weighted by atomic mass is 16.1. The quantitative estimate of drug-likeness (QED) is 0.809. The van der Waals surface area contributed by atoms with Crippen molar-refractivity contribution < 1.29 is 4.79 Å². The smallest absolute Gasteiger partial charge is 0.207 e. The molecule has 2 rings (SSSR count). The third kappa shape index (κ3) is 7.63. The summed E-state index contributed by atoms with van der Waals surface area (Å²) < 4.78 is 0. The van der Waals surface area contributed by atoms with Crippen LogP contribution in [0.25, 0.3) is 0 Å². The standard InChI is InChI=1S/C11H16.C9H11NO/c1-11(2,3)9-10-7-5-4-6-8-10;1-8(10-7-11)9-5-3-2-4-6-9/h4-8H,9H2,1-3H3;2-8H,1H3,(H,10,11). The number of hydrogen-bond acceptors (Lipinski definition) is 1. The minimum absolute atomic E-state index is 0.105. The molecule has 1 N–H and O–H groups in total. The van der Waals surface area contributed by atoms with E-state index in [-0.39, 0.29) is 6.04 Å². The van der Waals surface area contributed by atoms with Gasteiger partial charge in [0.25, 0.3) is 0 Å². The SMILES string of the molecule is CC(C)(C)Cc1ccccc1.CC(NC=O)c1ccccc1. The van der Waals surface area contributed by atoms with Crippen LogP contribution in [-0.4, -0.2) is 6.41 Å². The molecule has 2 aromatic carbocycles. The van der Waals surface area contributed by atoms with E-state index in [9.17, 15) is 4.79 Å². The molecule has 0 aliphatic rings. The third-order valence-electron chi connectivity index (χ3n) is 3.19. The minimum Gasteiger partial charge on any atom is -0.352 e.